The van der Waals surface area contributed by atoms with E-state index in [4.69, 9.17) is 9.47 Å². The first-order valence-electron chi connectivity index (χ1n) is 7.01. The molecule has 0 aliphatic heterocycles. The minimum atomic E-state index is -0.916. The second-order valence-electron chi connectivity index (χ2n) is 5.85. The van der Waals surface area contributed by atoms with E-state index in [0.717, 1.165) is 0 Å². The lowest BCUT2D eigenvalue weighted by Gasteiger charge is -2.25. The summed E-state index contributed by atoms with van der Waals surface area (Å²) >= 11 is 0. The molecule has 0 aliphatic rings. The summed E-state index contributed by atoms with van der Waals surface area (Å²) in [4.78, 5) is 12.1. The number of benzene rings is 1. The van der Waals surface area contributed by atoms with Crippen molar-refractivity contribution < 1.29 is 19.4 Å². The highest BCUT2D eigenvalue weighted by Crippen LogP contribution is 2.27. The first-order chi connectivity index (χ1) is 9.79. The summed E-state index contributed by atoms with van der Waals surface area (Å²) in [6.45, 7) is 6.00. The van der Waals surface area contributed by atoms with E-state index in [1.165, 1.54) is 7.11 Å². The Morgan fingerprint density at radius 1 is 1.29 bits per heavy atom. The summed E-state index contributed by atoms with van der Waals surface area (Å²) in [5.74, 6) is 1.18. The summed E-state index contributed by atoms with van der Waals surface area (Å²) in [5.41, 5.74) is -0.451. The van der Waals surface area contributed by atoms with Gasteiger partial charge in [-0.2, -0.15) is 0 Å². The average molecular weight is 295 g/mol. The van der Waals surface area contributed by atoms with Crippen LogP contribution in [-0.2, 0) is 0 Å². The number of rotatable bonds is 7. The predicted molar refractivity (Wildman–Crippen MR) is 82.0 cm³/mol. The third-order valence-corrected chi connectivity index (χ3v) is 3.12. The molecule has 5 nitrogen and oxygen atoms in total. The standard InChI is InChI=1S/C16H25NO4/c1-11(2)9-16(3,19)10-17-15(18)12-6-7-13(20-4)14(8-12)21-5/h6-8,11,19H,9-10H2,1-5H3,(H,17,18). The molecule has 0 radical (unpaired) electrons. The van der Waals surface area contributed by atoms with Gasteiger partial charge in [0.05, 0.1) is 19.8 Å². The summed E-state index contributed by atoms with van der Waals surface area (Å²) in [6, 6.07) is 4.96. The van der Waals surface area contributed by atoms with Gasteiger partial charge in [0, 0.05) is 12.1 Å². The Bertz CT molecular complexity index is 483. The zero-order chi connectivity index (χ0) is 16.0. The summed E-state index contributed by atoms with van der Waals surface area (Å²) in [7, 11) is 3.06. The van der Waals surface area contributed by atoms with Crippen molar-refractivity contribution in [2.24, 2.45) is 5.92 Å². The van der Waals surface area contributed by atoms with E-state index < -0.39 is 5.60 Å². The Hall–Kier alpha value is -1.75. The molecular formula is C16H25NO4. The number of carbonyl (C=O) groups is 1. The lowest BCUT2D eigenvalue weighted by molar-refractivity contribution is 0.0368. The van der Waals surface area contributed by atoms with E-state index in [0.29, 0.717) is 29.4 Å². The van der Waals surface area contributed by atoms with Gasteiger partial charge in [-0.1, -0.05) is 13.8 Å². The molecule has 0 saturated heterocycles. The van der Waals surface area contributed by atoms with Crippen LogP contribution < -0.4 is 14.8 Å². The molecule has 1 aromatic rings. The highest BCUT2D eigenvalue weighted by Gasteiger charge is 2.23. The monoisotopic (exact) mass is 295 g/mol. The fourth-order valence-electron chi connectivity index (χ4n) is 2.30. The molecule has 0 spiro atoms. The van der Waals surface area contributed by atoms with E-state index in [1.807, 2.05) is 13.8 Å². The molecule has 1 atom stereocenters. The van der Waals surface area contributed by atoms with E-state index in [2.05, 4.69) is 5.32 Å². The molecule has 118 valence electrons. The number of hydrogen-bond donors (Lipinski definition) is 2. The Morgan fingerprint density at radius 2 is 1.90 bits per heavy atom. The van der Waals surface area contributed by atoms with E-state index in [-0.39, 0.29) is 12.5 Å². The quantitative estimate of drug-likeness (QED) is 0.809. The Kier molecular flexibility index (Phi) is 6.03. The van der Waals surface area contributed by atoms with Crippen molar-refractivity contribution >= 4 is 5.91 Å². The van der Waals surface area contributed by atoms with Gasteiger partial charge in [-0.05, 0) is 37.5 Å². The Balaban J connectivity index is 2.72. The highest BCUT2D eigenvalue weighted by atomic mass is 16.5. The van der Waals surface area contributed by atoms with E-state index in [9.17, 15) is 9.90 Å². The van der Waals surface area contributed by atoms with Crippen LogP contribution in [-0.4, -0.2) is 37.4 Å². The van der Waals surface area contributed by atoms with Gasteiger partial charge in [-0.15, -0.1) is 0 Å². The van der Waals surface area contributed by atoms with Crippen LogP contribution in [0.1, 0.15) is 37.6 Å². The third-order valence-electron chi connectivity index (χ3n) is 3.12. The molecule has 0 fully saturated rings. The first-order valence-corrected chi connectivity index (χ1v) is 7.01. The molecule has 1 aromatic carbocycles. The van der Waals surface area contributed by atoms with Crippen LogP contribution in [0, 0.1) is 5.92 Å². The summed E-state index contributed by atoms with van der Waals surface area (Å²) in [6.07, 6.45) is 0.624. The van der Waals surface area contributed by atoms with E-state index in [1.54, 1.807) is 32.2 Å². The molecular weight excluding hydrogens is 270 g/mol. The molecule has 0 saturated carbocycles. The van der Waals surface area contributed by atoms with Crippen molar-refractivity contribution in [3.05, 3.63) is 23.8 Å². The largest absolute Gasteiger partial charge is 0.493 e. The fourth-order valence-corrected chi connectivity index (χ4v) is 2.30. The average Bonchev–Trinajstić information content (AvgIpc) is 2.42. The Labute approximate surface area is 126 Å². The van der Waals surface area contributed by atoms with Crippen molar-refractivity contribution in [2.45, 2.75) is 32.8 Å². The van der Waals surface area contributed by atoms with Crippen LogP contribution in [0.15, 0.2) is 18.2 Å². The van der Waals surface area contributed by atoms with Gasteiger partial charge in [-0.25, -0.2) is 0 Å². The van der Waals surface area contributed by atoms with Crippen molar-refractivity contribution in [1.82, 2.24) is 5.32 Å². The second kappa shape index (κ2) is 7.31. The number of hydrogen-bond acceptors (Lipinski definition) is 4. The maximum absolute atomic E-state index is 12.1. The maximum Gasteiger partial charge on any atom is 0.251 e. The first kappa shape index (κ1) is 17.3. The van der Waals surface area contributed by atoms with Crippen LogP contribution in [0.3, 0.4) is 0 Å². The summed E-state index contributed by atoms with van der Waals surface area (Å²) in [5, 5.41) is 13.0. The van der Waals surface area contributed by atoms with Gasteiger partial charge in [0.25, 0.3) is 5.91 Å². The van der Waals surface area contributed by atoms with E-state index >= 15 is 0 Å². The number of carbonyl (C=O) groups excluding carboxylic acids is 1. The van der Waals surface area contributed by atoms with Gasteiger partial charge in [0.1, 0.15) is 0 Å². The van der Waals surface area contributed by atoms with Crippen LogP contribution >= 0.6 is 0 Å². The molecule has 1 rings (SSSR count). The summed E-state index contributed by atoms with van der Waals surface area (Å²) < 4.78 is 10.3. The molecule has 0 heterocycles. The SMILES string of the molecule is COc1ccc(C(=O)NCC(C)(O)CC(C)C)cc1OC. The fraction of sp³-hybridized carbons (Fsp3) is 0.562. The molecule has 5 heteroatoms. The van der Waals surface area contributed by atoms with Crippen molar-refractivity contribution in [2.75, 3.05) is 20.8 Å². The van der Waals surface area contributed by atoms with Gasteiger partial charge in [0.2, 0.25) is 0 Å². The molecule has 0 aromatic heterocycles. The third kappa shape index (κ3) is 5.27. The number of methoxy groups -OCH3 is 2. The number of ether oxygens (including phenoxy) is 2. The lowest BCUT2D eigenvalue weighted by Crippen LogP contribution is -2.41. The minimum Gasteiger partial charge on any atom is -0.493 e. The molecule has 1 amide bonds. The van der Waals surface area contributed by atoms with Crippen LogP contribution in [0.25, 0.3) is 0 Å². The topological polar surface area (TPSA) is 67.8 Å². The minimum absolute atomic E-state index is 0.207. The second-order valence-corrected chi connectivity index (χ2v) is 5.85. The number of nitrogens with one attached hydrogen (secondary N) is 1. The normalized spacial score (nSPS) is 13.7. The Morgan fingerprint density at radius 3 is 2.43 bits per heavy atom. The zero-order valence-corrected chi connectivity index (χ0v) is 13.4. The number of aliphatic hydroxyl groups is 1. The molecule has 2 N–H and O–H groups in total. The number of amides is 1. The predicted octanol–water partition coefficient (Wildman–Crippen LogP) is 2.23. The molecule has 0 bridgehead atoms. The lowest BCUT2D eigenvalue weighted by atomic mass is 9.94. The van der Waals surface area contributed by atoms with Crippen molar-refractivity contribution in [1.29, 1.82) is 0 Å². The highest BCUT2D eigenvalue weighted by molar-refractivity contribution is 5.94. The zero-order valence-electron chi connectivity index (χ0n) is 13.4. The molecule has 1 unspecified atom stereocenters. The maximum atomic E-state index is 12.1. The molecule has 0 aliphatic carbocycles. The van der Waals surface area contributed by atoms with Crippen molar-refractivity contribution in [3.8, 4) is 11.5 Å². The molecule has 21 heavy (non-hydrogen) atoms. The van der Waals surface area contributed by atoms with Gasteiger partial charge in [0.15, 0.2) is 11.5 Å². The van der Waals surface area contributed by atoms with Gasteiger partial charge in [-0.3, -0.25) is 4.79 Å². The van der Waals surface area contributed by atoms with Gasteiger partial charge < -0.3 is 19.9 Å². The van der Waals surface area contributed by atoms with Crippen molar-refractivity contribution in [3.63, 3.8) is 0 Å². The van der Waals surface area contributed by atoms with Crippen LogP contribution in [0.4, 0.5) is 0 Å². The smallest absolute Gasteiger partial charge is 0.251 e. The van der Waals surface area contributed by atoms with Crippen LogP contribution in [0.2, 0.25) is 0 Å². The van der Waals surface area contributed by atoms with Gasteiger partial charge >= 0.3 is 0 Å². The van der Waals surface area contributed by atoms with Crippen LogP contribution in [0.5, 0.6) is 11.5 Å².